The van der Waals surface area contributed by atoms with Gasteiger partial charge >= 0.3 is 5.97 Å². The molecule has 1 atom stereocenters. The quantitative estimate of drug-likeness (QED) is 0.0574. The molecule has 4 aromatic carbocycles. The van der Waals surface area contributed by atoms with Gasteiger partial charge < -0.3 is 34.8 Å². The van der Waals surface area contributed by atoms with Crippen molar-refractivity contribution in [2.45, 2.75) is 46.1 Å². The average molecular weight is 790 g/mol. The number of aliphatic hydroxyl groups excluding tert-OH is 2. The van der Waals surface area contributed by atoms with Crippen molar-refractivity contribution < 1.29 is 34.3 Å². The van der Waals surface area contributed by atoms with Gasteiger partial charge in [-0.25, -0.2) is 0 Å². The van der Waals surface area contributed by atoms with Crippen molar-refractivity contribution in [2.75, 3.05) is 32.9 Å². The summed E-state index contributed by atoms with van der Waals surface area (Å²) in [5.74, 6) is -0.313. The molecule has 0 bridgehead atoms. The number of carboxylic acids is 1. The van der Waals surface area contributed by atoms with E-state index >= 15 is 0 Å². The third kappa shape index (κ3) is 10.7. The Balaban J connectivity index is 1.37. The van der Waals surface area contributed by atoms with Crippen LogP contribution in [0, 0.1) is 36.5 Å². The number of nitrogens with one attached hydrogen (secondary N) is 2. The first-order valence-electron chi connectivity index (χ1n) is 18.2. The highest BCUT2D eigenvalue weighted by molar-refractivity contribution is 6.31. The Hall–Kier alpha value is -5.99. The molecule has 1 unspecified atom stereocenters. The summed E-state index contributed by atoms with van der Waals surface area (Å²) < 4.78 is 18.1. The Bertz CT molecular complexity index is 2260. The van der Waals surface area contributed by atoms with Gasteiger partial charge in [0.2, 0.25) is 11.8 Å². The van der Waals surface area contributed by atoms with Crippen molar-refractivity contribution >= 4 is 17.6 Å². The number of carboxylic acid groups (broad SMARTS) is 1. The molecular formula is C44H44ClN5O7. The van der Waals surface area contributed by atoms with Crippen LogP contribution < -0.4 is 24.8 Å². The first-order chi connectivity index (χ1) is 27.5. The van der Waals surface area contributed by atoms with Crippen LogP contribution in [0.1, 0.15) is 45.9 Å². The molecule has 0 saturated heterocycles. The number of pyridine rings is 1. The second-order valence-corrected chi connectivity index (χ2v) is 13.9. The summed E-state index contributed by atoms with van der Waals surface area (Å²) in [5.41, 5.74) is 7.15. The third-order valence-corrected chi connectivity index (χ3v) is 9.77. The van der Waals surface area contributed by atoms with Gasteiger partial charge in [-0.05, 0) is 102 Å². The van der Waals surface area contributed by atoms with Gasteiger partial charge in [-0.2, -0.15) is 15.5 Å². The number of nitriles is 2. The van der Waals surface area contributed by atoms with Crippen LogP contribution in [0.5, 0.6) is 17.5 Å². The largest absolute Gasteiger partial charge is 0.492 e. The predicted octanol–water partition coefficient (Wildman–Crippen LogP) is 6.47. The van der Waals surface area contributed by atoms with Crippen LogP contribution in [0.2, 0.25) is 5.02 Å². The number of aliphatic carboxylic acids is 1. The minimum Gasteiger partial charge on any atom is -0.492 e. The van der Waals surface area contributed by atoms with Crippen molar-refractivity contribution in [2.24, 2.45) is 0 Å². The number of carbonyl (C=O) groups is 1. The number of benzene rings is 4. The van der Waals surface area contributed by atoms with Crippen molar-refractivity contribution in [3.8, 4) is 51.9 Å². The number of halogens is 1. The first kappa shape index (κ1) is 42.2. The Morgan fingerprint density at radius 3 is 2.11 bits per heavy atom. The van der Waals surface area contributed by atoms with E-state index < -0.39 is 18.1 Å². The molecule has 0 aliphatic carbocycles. The molecule has 12 nitrogen and oxygen atoms in total. The van der Waals surface area contributed by atoms with Crippen LogP contribution in [0.25, 0.3) is 22.3 Å². The Labute approximate surface area is 336 Å². The van der Waals surface area contributed by atoms with E-state index in [0.717, 1.165) is 44.7 Å². The lowest BCUT2D eigenvalue weighted by Crippen LogP contribution is -2.52. The molecule has 0 amide bonds. The lowest BCUT2D eigenvalue weighted by Gasteiger charge is -2.24. The fraction of sp³-hybridized carbons (Fsp3) is 0.273. The summed E-state index contributed by atoms with van der Waals surface area (Å²) in [6.45, 7) is 6.55. The fourth-order valence-electron chi connectivity index (χ4n) is 6.09. The highest BCUT2D eigenvalue weighted by Crippen LogP contribution is 2.36. The van der Waals surface area contributed by atoms with Crippen LogP contribution >= 0.6 is 11.6 Å². The van der Waals surface area contributed by atoms with Gasteiger partial charge in [-0.15, -0.1) is 0 Å². The standard InChI is InChI=1S/C44H44ClN5O7/c1-28-34(6-4-8-38(28)39-9-5-7-37(29(39)2)33-10-12-36(13-11-33)55-17-15-48-14-16-51)26-57-42-40(45)21-35(24-49-44(3,27-52)43(53)54)41(50-42)56-25-32-19-30(22-46)18-31(20-32)23-47/h4-13,18-21,48-49,51-52H,14-17,24-27H2,1-3H3,(H,53,54). The predicted molar refractivity (Wildman–Crippen MR) is 216 cm³/mol. The van der Waals surface area contributed by atoms with Gasteiger partial charge in [0.1, 0.15) is 36.1 Å². The molecule has 5 rings (SSSR count). The summed E-state index contributed by atoms with van der Waals surface area (Å²) in [5, 5.41) is 53.3. The molecule has 0 aliphatic heterocycles. The minimum atomic E-state index is -1.65. The Morgan fingerprint density at radius 2 is 1.46 bits per heavy atom. The second-order valence-electron chi connectivity index (χ2n) is 13.5. The zero-order chi connectivity index (χ0) is 41.0. The lowest BCUT2D eigenvalue weighted by atomic mass is 9.89. The van der Waals surface area contributed by atoms with Crippen LogP contribution in [0.3, 0.4) is 0 Å². The van der Waals surface area contributed by atoms with E-state index in [1.165, 1.54) is 13.0 Å². The van der Waals surface area contributed by atoms with E-state index in [1.54, 1.807) is 18.2 Å². The maximum absolute atomic E-state index is 11.9. The zero-order valence-corrected chi connectivity index (χ0v) is 32.7. The van der Waals surface area contributed by atoms with E-state index in [-0.39, 0.29) is 43.1 Å². The molecular weight excluding hydrogens is 746 g/mol. The molecule has 5 aromatic rings. The number of nitrogens with zero attached hydrogens (tertiary/aromatic N) is 3. The molecule has 57 heavy (non-hydrogen) atoms. The minimum absolute atomic E-state index is 0.0667. The smallest absolute Gasteiger partial charge is 0.326 e. The van der Waals surface area contributed by atoms with Gasteiger partial charge in [-0.1, -0.05) is 60.1 Å². The Kier molecular flexibility index (Phi) is 14.6. The van der Waals surface area contributed by atoms with Gasteiger partial charge in [0.25, 0.3) is 0 Å². The zero-order valence-electron chi connectivity index (χ0n) is 31.9. The van der Waals surface area contributed by atoms with Crippen molar-refractivity contribution in [3.05, 3.63) is 129 Å². The normalized spacial score (nSPS) is 11.9. The van der Waals surface area contributed by atoms with Gasteiger partial charge in [-0.3, -0.25) is 10.1 Å². The third-order valence-electron chi connectivity index (χ3n) is 9.50. The maximum atomic E-state index is 11.9. The summed E-state index contributed by atoms with van der Waals surface area (Å²) >= 11 is 6.70. The maximum Gasteiger partial charge on any atom is 0.326 e. The van der Waals surface area contributed by atoms with Gasteiger partial charge in [0.15, 0.2) is 0 Å². The number of ether oxygens (including phenoxy) is 3. The highest BCUT2D eigenvalue weighted by Gasteiger charge is 2.32. The SMILES string of the molecule is Cc1c(COc2nc(OCc3cc(C#N)cc(C#N)c3)c(CNC(C)(CO)C(=O)O)cc2Cl)cccc1-c1cccc(-c2ccc(OCCNCCO)cc2)c1C. The number of aromatic nitrogens is 1. The van der Waals surface area contributed by atoms with Gasteiger partial charge in [0.05, 0.1) is 36.5 Å². The average Bonchev–Trinajstić information content (AvgIpc) is 3.22. The van der Waals surface area contributed by atoms with Crippen molar-refractivity contribution in [1.82, 2.24) is 15.6 Å². The first-order valence-corrected chi connectivity index (χ1v) is 18.6. The van der Waals surface area contributed by atoms with E-state index in [1.807, 2.05) is 61.5 Å². The molecule has 1 aromatic heterocycles. The van der Waals surface area contributed by atoms with E-state index in [2.05, 4.69) is 40.7 Å². The van der Waals surface area contributed by atoms with Crippen molar-refractivity contribution in [1.29, 1.82) is 10.5 Å². The second kappa shape index (κ2) is 19.7. The molecule has 0 saturated carbocycles. The van der Waals surface area contributed by atoms with Crippen LogP contribution in [-0.4, -0.2) is 64.7 Å². The monoisotopic (exact) mass is 789 g/mol. The molecule has 0 spiro atoms. The molecule has 1 heterocycles. The lowest BCUT2D eigenvalue weighted by molar-refractivity contribution is -0.145. The van der Waals surface area contributed by atoms with Crippen LogP contribution in [0.4, 0.5) is 0 Å². The summed E-state index contributed by atoms with van der Waals surface area (Å²) in [6.07, 6.45) is 0. The van der Waals surface area contributed by atoms with Crippen LogP contribution in [-0.2, 0) is 24.6 Å². The molecule has 5 N–H and O–H groups in total. The van der Waals surface area contributed by atoms with Crippen LogP contribution in [0.15, 0.2) is 84.9 Å². The van der Waals surface area contributed by atoms with E-state index in [0.29, 0.717) is 42.0 Å². The molecule has 294 valence electrons. The summed E-state index contributed by atoms with van der Waals surface area (Å²) in [7, 11) is 0. The Morgan fingerprint density at radius 1 is 0.807 bits per heavy atom. The van der Waals surface area contributed by atoms with E-state index in [9.17, 15) is 25.5 Å². The highest BCUT2D eigenvalue weighted by atomic mass is 35.5. The van der Waals surface area contributed by atoms with E-state index in [4.69, 9.17) is 30.9 Å². The van der Waals surface area contributed by atoms with Gasteiger partial charge in [0, 0.05) is 25.2 Å². The number of aliphatic hydroxyl groups is 2. The number of hydrogen-bond donors (Lipinski definition) is 5. The fourth-order valence-corrected chi connectivity index (χ4v) is 6.31. The topological polar surface area (TPSA) is 190 Å². The molecule has 0 fully saturated rings. The molecule has 0 radical (unpaired) electrons. The van der Waals surface area contributed by atoms with Crippen molar-refractivity contribution in [3.63, 3.8) is 0 Å². The number of hydrogen-bond acceptors (Lipinski definition) is 11. The summed E-state index contributed by atoms with van der Waals surface area (Å²) in [6, 6.07) is 30.5. The summed E-state index contributed by atoms with van der Waals surface area (Å²) in [4.78, 5) is 16.4. The molecule has 0 aliphatic rings. The molecule has 13 heteroatoms. The number of rotatable bonds is 19.